The lowest BCUT2D eigenvalue weighted by molar-refractivity contribution is -0.255. The topological polar surface area (TPSA) is 82.1 Å². The normalized spacial score (nSPS) is 27.0. The summed E-state index contributed by atoms with van der Waals surface area (Å²) in [5.41, 5.74) is 0.864. The van der Waals surface area contributed by atoms with Crippen LogP contribution in [0, 0.1) is 11.8 Å². The zero-order valence-electron chi connectivity index (χ0n) is 15.9. The summed E-state index contributed by atoms with van der Waals surface area (Å²) in [6.07, 6.45) is -2.59. The van der Waals surface area contributed by atoms with Crippen LogP contribution in [0.15, 0.2) is 60.7 Å². The van der Waals surface area contributed by atoms with Gasteiger partial charge in [0.15, 0.2) is 12.4 Å². The molecule has 6 nitrogen and oxygen atoms in total. The first-order valence-electron chi connectivity index (χ1n) is 9.29. The summed E-state index contributed by atoms with van der Waals surface area (Å²) < 4.78 is 16.4. The second-order valence-corrected chi connectivity index (χ2v) is 6.98. The summed E-state index contributed by atoms with van der Waals surface area (Å²) in [6.45, 7) is 3.81. The van der Waals surface area contributed by atoms with Crippen molar-refractivity contribution in [2.75, 3.05) is 6.61 Å². The Kier molecular flexibility index (Phi) is 6.44. The van der Waals surface area contributed by atoms with Gasteiger partial charge >= 0.3 is 11.9 Å². The van der Waals surface area contributed by atoms with Gasteiger partial charge in [0.25, 0.3) is 0 Å². The van der Waals surface area contributed by atoms with Crippen molar-refractivity contribution in [1.29, 1.82) is 0 Å². The van der Waals surface area contributed by atoms with Gasteiger partial charge in [-0.3, -0.25) is 0 Å². The number of ether oxygens (including phenoxy) is 3. The predicted molar refractivity (Wildman–Crippen MR) is 102 cm³/mol. The van der Waals surface area contributed by atoms with Gasteiger partial charge in [0.1, 0.15) is 6.61 Å². The third kappa shape index (κ3) is 4.58. The summed E-state index contributed by atoms with van der Waals surface area (Å²) in [5, 5.41) is 10.4. The zero-order valence-corrected chi connectivity index (χ0v) is 15.9. The van der Waals surface area contributed by atoms with Crippen LogP contribution in [0.3, 0.4) is 0 Å². The molecule has 1 fully saturated rings. The SMILES string of the molecule is CC1C(COC(=O)c2ccccc2)OC(O)C(OC(=O)c2ccccc2)C1C. The minimum atomic E-state index is -1.29. The van der Waals surface area contributed by atoms with Gasteiger partial charge < -0.3 is 19.3 Å². The van der Waals surface area contributed by atoms with E-state index in [-0.39, 0.29) is 18.4 Å². The summed E-state index contributed by atoms with van der Waals surface area (Å²) in [5.74, 6) is -1.24. The quantitative estimate of drug-likeness (QED) is 0.798. The lowest BCUT2D eigenvalue weighted by Crippen LogP contribution is -2.52. The van der Waals surface area contributed by atoms with E-state index >= 15 is 0 Å². The standard InChI is InChI=1S/C22H24O6/c1-14-15(2)19(28-21(24)17-11-7-4-8-12-17)22(25)27-18(14)13-26-20(23)16-9-5-3-6-10-16/h3-12,14-15,18-19,22,25H,13H2,1-2H3. The Hall–Kier alpha value is -2.70. The molecule has 1 N–H and O–H groups in total. The lowest BCUT2D eigenvalue weighted by Gasteiger charge is -2.41. The molecule has 2 aromatic carbocycles. The van der Waals surface area contributed by atoms with Crippen LogP contribution in [0.4, 0.5) is 0 Å². The van der Waals surface area contributed by atoms with Gasteiger partial charge in [-0.25, -0.2) is 9.59 Å². The summed E-state index contributed by atoms with van der Waals surface area (Å²) in [4.78, 5) is 24.4. The molecule has 1 aliphatic rings. The van der Waals surface area contributed by atoms with Gasteiger partial charge in [0.05, 0.1) is 17.2 Å². The minimum absolute atomic E-state index is 0.00957. The Balaban J connectivity index is 1.58. The number of aliphatic hydroxyl groups excluding tert-OH is 1. The maximum Gasteiger partial charge on any atom is 0.338 e. The molecule has 148 valence electrons. The van der Waals surface area contributed by atoms with E-state index in [1.807, 2.05) is 19.9 Å². The average molecular weight is 384 g/mol. The highest BCUT2D eigenvalue weighted by Gasteiger charge is 2.43. The highest BCUT2D eigenvalue weighted by Crippen LogP contribution is 2.32. The molecule has 3 rings (SSSR count). The van der Waals surface area contributed by atoms with E-state index in [2.05, 4.69) is 0 Å². The van der Waals surface area contributed by atoms with E-state index in [1.54, 1.807) is 54.6 Å². The number of rotatable bonds is 5. The Morgan fingerprint density at radius 1 is 0.893 bits per heavy atom. The number of hydrogen-bond donors (Lipinski definition) is 1. The van der Waals surface area contributed by atoms with Crippen LogP contribution in [-0.4, -0.2) is 42.1 Å². The highest BCUT2D eigenvalue weighted by molar-refractivity contribution is 5.89. The third-order valence-corrected chi connectivity index (χ3v) is 5.17. The van der Waals surface area contributed by atoms with Crippen LogP contribution in [0.25, 0.3) is 0 Å². The van der Waals surface area contributed by atoms with Crippen molar-refractivity contribution in [3.63, 3.8) is 0 Å². The van der Waals surface area contributed by atoms with E-state index in [1.165, 1.54) is 0 Å². The molecule has 0 radical (unpaired) electrons. The summed E-state index contributed by atoms with van der Waals surface area (Å²) >= 11 is 0. The molecule has 0 bridgehead atoms. The molecule has 1 heterocycles. The van der Waals surface area contributed by atoms with E-state index in [0.29, 0.717) is 11.1 Å². The summed E-state index contributed by atoms with van der Waals surface area (Å²) in [6, 6.07) is 17.3. The minimum Gasteiger partial charge on any atom is -0.459 e. The van der Waals surface area contributed by atoms with Crippen LogP contribution in [-0.2, 0) is 14.2 Å². The van der Waals surface area contributed by atoms with Gasteiger partial charge in [-0.1, -0.05) is 50.2 Å². The Morgan fingerprint density at radius 2 is 1.43 bits per heavy atom. The fourth-order valence-corrected chi connectivity index (χ4v) is 3.22. The molecule has 1 aliphatic heterocycles. The maximum atomic E-state index is 12.3. The predicted octanol–water partition coefficient (Wildman–Crippen LogP) is 3.06. The first-order valence-corrected chi connectivity index (χ1v) is 9.29. The van der Waals surface area contributed by atoms with E-state index in [4.69, 9.17) is 14.2 Å². The molecule has 0 spiro atoms. The highest BCUT2D eigenvalue weighted by atomic mass is 16.7. The largest absolute Gasteiger partial charge is 0.459 e. The van der Waals surface area contributed by atoms with Crippen molar-refractivity contribution in [3.8, 4) is 0 Å². The molecular weight excluding hydrogens is 360 g/mol. The van der Waals surface area contributed by atoms with E-state index in [9.17, 15) is 14.7 Å². The average Bonchev–Trinajstić information content (AvgIpc) is 2.73. The molecule has 5 unspecified atom stereocenters. The number of carbonyl (C=O) groups excluding carboxylic acids is 2. The van der Waals surface area contributed by atoms with Crippen molar-refractivity contribution in [2.45, 2.75) is 32.3 Å². The molecule has 28 heavy (non-hydrogen) atoms. The molecule has 6 heteroatoms. The molecule has 1 saturated heterocycles. The van der Waals surface area contributed by atoms with E-state index < -0.39 is 30.4 Å². The van der Waals surface area contributed by atoms with Crippen molar-refractivity contribution < 1.29 is 28.9 Å². The van der Waals surface area contributed by atoms with Gasteiger partial charge in [-0.2, -0.15) is 0 Å². The van der Waals surface area contributed by atoms with Crippen molar-refractivity contribution in [1.82, 2.24) is 0 Å². The molecule has 0 aliphatic carbocycles. The number of hydrogen-bond acceptors (Lipinski definition) is 6. The molecule has 5 atom stereocenters. The second-order valence-electron chi connectivity index (χ2n) is 6.98. The molecule has 0 saturated carbocycles. The number of benzene rings is 2. The first kappa shape index (κ1) is 20.0. The molecule has 0 amide bonds. The van der Waals surface area contributed by atoms with Gasteiger partial charge in [0.2, 0.25) is 0 Å². The Morgan fingerprint density at radius 3 is 2.00 bits per heavy atom. The van der Waals surface area contributed by atoms with Crippen LogP contribution in [0.2, 0.25) is 0 Å². The second kappa shape index (κ2) is 8.99. The fraction of sp³-hybridized carbons (Fsp3) is 0.364. The van der Waals surface area contributed by atoms with E-state index in [0.717, 1.165) is 0 Å². The molecule has 0 aromatic heterocycles. The number of carbonyl (C=O) groups is 2. The zero-order chi connectivity index (χ0) is 20.1. The van der Waals surface area contributed by atoms with Crippen molar-refractivity contribution in [2.24, 2.45) is 11.8 Å². The summed E-state index contributed by atoms with van der Waals surface area (Å²) in [7, 11) is 0. The van der Waals surface area contributed by atoms with Crippen LogP contribution in [0.5, 0.6) is 0 Å². The third-order valence-electron chi connectivity index (χ3n) is 5.17. The molecule has 2 aromatic rings. The smallest absolute Gasteiger partial charge is 0.338 e. The van der Waals surface area contributed by atoms with Crippen LogP contribution >= 0.6 is 0 Å². The maximum absolute atomic E-state index is 12.3. The van der Waals surface area contributed by atoms with Crippen LogP contribution < -0.4 is 0 Å². The monoisotopic (exact) mass is 384 g/mol. The van der Waals surface area contributed by atoms with Crippen molar-refractivity contribution >= 4 is 11.9 Å². The van der Waals surface area contributed by atoms with Crippen LogP contribution in [0.1, 0.15) is 34.6 Å². The lowest BCUT2D eigenvalue weighted by atomic mass is 9.83. The Bertz CT molecular complexity index is 789. The fourth-order valence-electron chi connectivity index (χ4n) is 3.22. The number of esters is 2. The number of aliphatic hydroxyl groups is 1. The van der Waals surface area contributed by atoms with Gasteiger partial charge in [0, 0.05) is 5.92 Å². The van der Waals surface area contributed by atoms with Crippen molar-refractivity contribution in [3.05, 3.63) is 71.8 Å². The first-order chi connectivity index (χ1) is 13.5. The van der Waals surface area contributed by atoms with Gasteiger partial charge in [-0.05, 0) is 30.2 Å². The van der Waals surface area contributed by atoms with Gasteiger partial charge in [-0.15, -0.1) is 0 Å². The Labute approximate surface area is 164 Å². The molecular formula is C22H24O6.